The molecule has 0 aliphatic carbocycles. The van der Waals surface area contributed by atoms with Gasteiger partial charge in [0.1, 0.15) is 0 Å². The van der Waals surface area contributed by atoms with Crippen molar-refractivity contribution in [3.05, 3.63) is 48.6 Å². The van der Waals surface area contributed by atoms with E-state index < -0.39 is 0 Å². The molecule has 2 N–H and O–H groups in total. The molecule has 1 aromatic carbocycles. The van der Waals surface area contributed by atoms with Crippen LogP contribution in [0, 0.1) is 0 Å². The molecule has 0 unspecified atom stereocenters. The van der Waals surface area contributed by atoms with E-state index in [9.17, 15) is 0 Å². The summed E-state index contributed by atoms with van der Waals surface area (Å²) in [5, 5.41) is 0. The van der Waals surface area contributed by atoms with Crippen molar-refractivity contribution >= 4 is 11.8 Å². The Morgan fingerprint density at radius 1 is 1.38 bits per heavy atom. The fourth-order valence-corrected chi connectivity index (χ4v) is 1.91. The maximum atomic E-state index is 5.70. The van der Waals surface area contributed by atoms with E-state index in [0.717, 1.165) is 11.5 Å². The van der Waals surface area contributed by atoms with Crippen LogP contribution >= 0.6 is 11.8 Å². The smallest absolute Gasteiger partial charge is 0.0313 e. The molecule has 0 saturated heterocycles. The first-order valence-corrected chi connectivity index (χ1v) is 5.48. The van der Waals surface area contributed by atoms with E-state index >= 15 is 0 Å². The molecule has 0 bridgehead atoms. The monoisotopic (exact) mass is 193 g/mol. The topological polar surface area (TPSA) is 26.0 Å². The van der Waals surface area contributed by atoms with Gasteiger partial charge in [0.2, 0.25) is 0 Å². The number of thioether (sulfide) groups is 1. The third-order valence-electron chi connectivity index (χ3n) is 1.72. The fraction of sp³-hybridized carbons (Fsp3) is 0.273. The standard InChI is InChI=1S/C11H15NS/c1-2-11(12)9-13-8-10-6-4-3-5-7-10/h2-7,11H,1,8-9,12H2/t11-/m1/s1. The van der Waals surface area contributed by atoms with E-state index in [2.05, 4.69) is 30.8 Å². The van der Waals surface area contributed by atoms with Crippen LogP contribution in [-0.2, 0) is 5.75 Å². The first-order valence-electron chi connectivity index (χ1n) is 4.32. The first-order chi connectivity index (χ1) is 6.33. The van der Waals surface area contributed by atoms with Crippen LogP contribution in [0.15, 0.2) is 43.0 Å². The zero-order valence-electron chi connectivity index (χ0n) is 7.65. The highest BCUT2D eigenvalue weighted by Crippen LogP contribution is 2.12. The highest BCUT2D eigenvalue weighted by molar-refractivity contribution is 7.98. The van der Waals surface area contributed by atoms with Crippen molar-refractivity contribution in [1.29, 1.82) is 0 Å². The van der Waals surface area contributed by atoms with Crippen LogP contribution in [0.5, 0.6) is 0 Å². The Bertz CT molecular complexity index is 246. The maximum absolute atomic E-state index is 5.70. The molecular weight excluding hydrogens is 178 g/mol. The second-order valence-electron chi connectivity index (χ2n) is 2.90. The summed E-state index contributed by atoms with van der Waals surface area (Å²) in [7, 11) is 0. The normalized spacial score (nSPS) is 12.4. The Morgan fingerprint density at radius 2 is 2.08 bits per heavy atom. The van der Waals surface area contributed by atoms with Crippen LogP contribution in [0.25, 0.3) is 0 Å². The zero-order chi connectivity index (χ0) is 9.52. The second kappa shape index (κ2) is 5.84. The molecule has 1 nitrogen and oxygen atoms in total. The van der Waals surface area contributed by atoms with Gasteiger partial charge in [-0.15, -0.1) is 6.58 Å². The van der Waals surface area contributed by atoms with Crippen molar-refractivity contribution in [2.75, 3.05) is 5.75 Å². The van der Waals surface area contributed by atoms with Gasteiger partial charge in [-0.3, -0.25) is 0 Å². The van der Waals surface area contributed by atoms with Crippen LogP contribution in [-0.4, -0.2) is 11.8 Å². The third-order valence-corrected chi connectivity index (χ3v) is 2.88. The van der Waals surface area contributed by atoms with Gasteiger partial charge in [-0.05, 0) is 5.56 Å². The number of rotatable bonds is 5. The molecule has 0 aliphatic rings. The van der Waals surface area contributed by atoms with E-state index in [4.69, 9.17) is 5.73 Å². The lowest BCUT2D eigenvalue weighted by molar-refractivity contribution is 0.942. The summed E-state index contributed by atoms with van der Waals surface area (Å²) in [6.07, 6.45) is 1.79. The Labute approximate surface area is 84.0 Å². The number of hydrogen-bond acceptors (Lipinski definition) is 2. The summed E-state index contributed by atoms with van der Waals surface area (Å²) in [6.45, 7) is 3.65. The predicted octanol–water partition coefficient (Wildman–Crippen LogP) is 2.43. The molecule has 1 rings (SSSR count). The largest absolute Gasteiger partial charge is 0.324 e. The molecule has 70 valence electrons. The van der Waals surface area contributed by atoms with E-state index in [-0.39, 0.29) is 6.04 Å². The molecule has 0 saturated carbocycles. The van der Waals surface area contributed by atoms with Crippen molar-refractivity contribution < 1.29 is 0 Å². The van der Waals surface area contributed by atoms with Crippen molar-refractivity contribution in [3.8, 4) is 0 Å². The lowest BCUT2D eigenvalue weighted by Crippen LogP contribution is -2.19. The van der Waals surface area contributed by atoms with Crippen LogP contribution < -0.4 is 5.73 Å². The van der Waals surface area contributed by atoms with E-state index in [1.54, 1.807) is 6.08 Å². The average Bonchev–Trinajstić information content (AvgIpc) is 2.19. The maximum Gasteiger partial charge on any atom is 0.0313 e. The summed E-state index contributed by atoms with van der Waals surface area (Å²) in [4.78, 5) is 0. The van der Waals surface area contributed by atoms with Crippen molar-refractivity contribution in [2.24, 2.45) is 5.73 Å². The van der Waals surface area contributed by atoms with Gasteiger partial charge < -0.3 is 5.73 Å². The molecule has 0 aromatic heterocycles. The van der Waals surface area contributed by atoms with Crippen molar-refractivity contribution in [2.45, 2.75) is 11.8 Å². The molecule has 0 aliphatic heterocycles. The second-order valence-corrected chi connectivity index (χ2v) is 3.93. The number of benzene rings is 1. The molecule has 0 fully saturated rings. The van der Waals surface area contributed by atoms with Gasteiger partial charge in [0, 0.05) is 17.5 Å². The lowest BCUT2D eigenvalue weighted by atomic mass is 10.2. The Morgan fingerprint density at radius 3 is 2.69 bits per heavy atom. The predicted molar refractivity (Wildman–Crippen MR) is 60.8 cm³/mol. The molecule has 1 aromatic rings. The van der Waals surface area contributed by atoms with Gasteiger partial charge in [-0.25, -0.2) is 0 Å². The van der Waals surface area contributed by atoms with Gasteiger partial charge in [0.05, 0.1) is 0 Å². The lowest BCUT2D eigenvalue weighted by Gasteiger charge is -2.05. The SMILES string of the molecule is C=C[C@@H](N)CSCc1ccccc1. The molecule has 2 heteroatoms. The minimum atomic E-state index is 0.119. The highest BCUT2D eigenvalue weighted by atomic mass is 32.2. The van der Waals surface area contributed by atoms with E-state index in [0.29, 0.717) is 0 Å². The summed E-state index contributed by atoms with van der Waals surface area (Å²) in [5.74, 6) is 1.97. The quantitative estimate of drug-likeness (QED) is 0.727. The zero-order valence-corrected chi connectivity index (χ0v) is 8.46. The summed E-state index contributed by atoms with van der Waals surface area (Å²) >= 11 is 1.84. The molecule has 13 heavy (non-hydrogen) atoms. The molecule has 0 amide bonds. The summed E-state index contributed by atoms with van der Waals surface area (Å²) in [6, 6.07) is 10.5. The van der Waals surface area contributed by atoms with E-state index in [1.165, 1.54) is 5.56 Å². The molecule has 0 spiro atoms. The van der Waals surface area contributed by atoms with Crippen LogP contribution in [0.1, 0.15) is 5.56 Å². The van der Waals surface area contributed by atoms with Gasteiger partial charge in [-0.1, -0.05) is 36.4 Å². The fourth-order valence-electron chi connectivity index (χ4n) is 0.955. The summed E-state index contributed by atoms with van der Waals surface area (Å²) < 4.78 is 0. The first kappa shape index (κ1) is 10.4. The van der Waals surface area contributed by atoms with Gasteiger partial charge in [0.25, 0.3) is 0 Å². The van der Waals surface area contributed by atoms with Crippen molar-refractivity contribution in [3.63, 3.8) is 0 Å². The Kier molecular flexibility index (Phi) is 4.65. The molecule has 0 heterocycles. The van der Waals surface area contributed by atoms with Crippen LogP contribution in [0.4, 0.5) is 0 Å². The Hall–Kier alpha value is -0.730. The van der Waals surface area contributed by atoms with Crippen molar-refractivity contribution in [1.82, 2.24) is 0 Å². The molecular formula is C11H15NS. The number of nitrogens with two attached hydrogens (primary N) is 1. The highest BCUT2D eigenvalue weighted by Gasteiger charge is 1.96. The molecule has 0 radical (unpaired) electrons. The van der Waals surface area contributed by atoms with Crippen LogP contribution in [0.2, 0.25) is 0 Å². The summed E-state index contributed by atoms with van der Waals surface area (Å²) in [5.41, 5.74) is 7.05. The Balaban J connectivity index is 2.24. The third kappa shape index (κ3) is 4.15. The van der Waals surface area contributed by atoms with Gasteiger partial charge >= 0.3 is 0 Å². The van der Waals surface area contributed by atoms with Gasteiger partial charge in [-0.2, -0.15) is 11.8 Å². The minimum Gasteiger partial charge on any atom is -0.324 e. The number of hydrogen-bond donors (Lipinski definition) is 1. The van der Waals surface area contributed by atoms with Gasteiger partial charge in [0.15, 0.2) is 0 Å². The van der Waals surface area contributed by atoms with E-state index in [1.807, 2.05) is 17.8 Å². The van der Waals surface area contributed by atoms with Crippen LogP contribution in [0.3, 0.4) is 0 Å². The molecule has 1 atom stereocenters. The average molecular weight is 193 g/mol. The minimum absolute atomic E-state index is 0.119.